The van der Waals surface area contributed by atoms with Crippen LogP contribution in [0.25, 0.3) is 11.0 Å². The largest absolute Gasteiger partial charge is 0.374 e. The average Bonchev–Trinajstić information content (AvgIpc) is 2.79. The first-order valence-electron chi connectivity index (χ1n) is 6.74. The average molecular weight is 295 g/mol. The summed E-state index contributed by atoms with van der Waals surface area (Å²) in [7, 11) is 0. The maximum atomic E-state index is 6.21. The van der Waals surface area contributed by atoms with Crippen LogP contribution in [-0.4, -0.2) is 27.5 Å². The first-order valence-corrected chi connectivity index (χ1v) is 7.12. The van der Waals surface area contributed by atoms with Crippen LogP contribution in [0.2, 0.25) is 5.15 Å². The van der Waals surface area contributed by atoms with E-state index in [4.69, 9.17) is 16.3 Å². The van der Waals surface area contributed by atoms with Crippen molar-refractivity contribution in [2.45, 2.75) is 40.7 Å². The number of nitrogens with zero attached hydrogens (tertiary/aromatic N) is 4. The molecule has 0 unspecified atom stereocenters. The molecule has 0 fully saturated rings. The fourth-order valence-corrected chi connectivity index (χ4v) is 2.23. The molecule has 6 heteroatoms. The predicted molar refractivity (Wildman–Crippen MR) is 81.5 cm³/mol. The Kier molecular flexibility index (Phi) is 4.73. The highest BCUT2D eigenvalue weighted by atomic mass is 35.5. The Morgan fingerprint density at radius 3 is 2.70 bits per heavy atom. The van der Waals surface area contributed by atoms with Gasteiger partial charge in [-0.25, -0.2) is 14.6 Å². The number of halogens is 1. The number of hydrogen-bond acceptors (Lipinski definition) is 4. The fraction of sp³-hybridized carbons (Fsp3) is 0.500. The Morgan fingerprint density at radius 1 is 1.30 bits per heavy atom. The van der Waals surface area contributed by atoms with Gasteiger partial charge in [-0.2, -0.15) is 5.10 Å². The van der Waals surface area contributed by atoms with Gasteiger partial charge in [0.15, 0.2) is 11.0 Å². The molecule has 0 saturated heterocycles. The van der Waals surface area contributed by atoms with Crippen LogP contribution in [0.4, 0.5) is 0 Å². The normalized spacial score (nSPS) is 11.8. The molecule has 0 N–H and O–H groups in total. The van der Waals surface area contributed by atoms with E-state index in [0.29, 0.717) is 23.9 Å². The van der Waals surface area contributed by atoms with E-state index in [1.807, 2.05) is 38.6 Å². The predicted octanol–water partition coefficient (Wildman–Crippen LogP) is 3.48. The molecule has 0 aliphatic carbocycles. The van der Waals surface area contributed by atoms with E-state index in [-0.39, 0.29) is 0 Å². The Morgan fingerprint density at radius 2 is 2.05 bits per heavy atom. The lowest BCUT2D eigenvalue weighted by molar-refractivity contribution is 0.126. The second-order valence-electron chi connectivity index (χ2n) is 4.49. The fourth-order valence-electron chi connectivity index (χ4n) is 1.97. The molecule has 0 spiro atoms. The Labute approximate surface area is 123 Å². The minimum Gasteiger partial charge on any atom is -0.374 e. The molecular weight excluding hydrogens is 276 g/mol. The minimum absolute atomic E-state index is 0.404. The van der Waals surface area contributed by atoms with Crippen LogP contribution < -0.4 is 0 Å². The highest BCUT2D eigenvalue weighted by Crippen LogP contribution is 2.27. The number of rotatable bonds is 5. The van der Waals surface area contributed by atoms with Gasteiger partial charge in [-0.3, -0.25) is 0 Å². The van der Waals surface area contributed by atoms with E-state index < -0.39 is 0 Å². The van der Waals surface area contributed by atoms with Gasteiger partial charge in [-0.15, -0.1) is 0 Å². The van der Waals surface area contributed by atoms with Crippen molar-refractivity contribution in [2.75, 3.05) is 6.61 Å². The number of ether oxygens (including phenoxy) is 1. The maximum absolute atomic E-state index is 6.21. The lowest BCUT2D eigenvalue weighted by atomic mass is 10.2. The third-order valence-corrected chi connectivity index (χ3v) is 3.36. The van der Waals surface area contributed by atoms with Crippen LogP contribution in [-0.2, 0) is 11.3 Å². The summed E-state index contributed by atoms with van der Waals surface area (Å²) in [5.74, 6) is 0.740. The van der Waals surface area contributed by atoms with Gasteiger partial charge in [0.25, 0.3) is 0 Å². The van der Waals surface area contributed by atoms with Gasteiger partial charge in [0, 0.05) is 18.5 Å². The van der Waals surface area contributed by atoms with Crippen molar-refractivity contribution in [2.24, 2.45) is 5.10 Å². The van der Waals surface area contributed by atoms with Crippen molar-refractivity contribution in [3.63, 3.8) is 0 Å². The van der Waals surface area contributed by atoms with Crippen LogP contribution in [0.5, 0.6) is 0 Å². The molecule has 2 heterocycles. The summed E-state index contributed by atoms with van der Waals surface area (Å²) in [6.45, 7) is 8.96. The quantitative estimate of drug-likeness (QED) is 0.626. The highest BCUT2D eigenvalue weighted by molar-refractivity contribution is 6.33. The summed E-state index contributed by atoms with van der Waals surface area (Å²) in [5.41, 5.74) is 3.51. The summed E-state index contributed by atoms with van der Waals surface area (Å²) < 4.78 is 7.27. The second kappa shape index (κ2) is 6.33. The van der Waals surface area contributed by atoms with E-state index in [9.17, 15) is 0 Å². The number of pyridine rings is 1. The monoisotopic (exact) mass is 294 g/mol. The van der Waals surface area contributed by atoms with Gasteiger partial charge >= 0.3 is 0 Å². The molecule has 0 bridgehead atoms. The topological polar surface area (TPSA) is 52.3 Å². The number of aryl methyl sites for hydroxylation is 2. The van der Waals surface area contributed by atoms with Gasteiger partial charge in [0.05, 0.1) is 0 Å². The van der Waals surface area contributed by atoms with Crippen LogP contribution in [0.15, 0.2) is 5.10 Å². The zero-order chi connectivity index (χ0) is 14.7. The van der Waals surface area contributed by atoms with Crippen molar-refractivity contribution in [3.8, 4) is 0 Å². The van der Waals surface area contributed by atoms with Crippen LogP contribution in [0, 0.1) is 13.8 Å². The molecular formula is C14H19ClN4O. The van der Waals surface area contributed by atoms with E-state index in [2.05, 4.69) is 15.1 Å². The van der Waals surface area contributed by atoms with Crippen molar-refractivity contribution >= 4 is 28.8 Å². The summed E-state index contributed by atoms with van der Waals surface area (Å²) in [6.07, 6.45) is 2.70. The molecule has 0 aliphatic heterocycles. The summed E-state index contributed by atoms with van der Waals surface area (Å²) in [4.78, 5) is 8.85. The molecule has 2 aromatic heterocycles. The molecule has 0 aliphatic rings. The van der Waals surface area contributed by atoms with Crippen molar-refractivity contribution in [1.82, 2.24) is 14.6 Å². The summed E-state index contributed by atoms with van der Waals surface area (Å²) >= 11 is 6.21. The minimum atomic E-state index is 0.404. The molecule has 5 nitrogen and oxygen atoms in total. The number of hydrogen-bond donors (Lipinski definition) is 0. The number of fused-ring (bicyclic) bond motifs is 1. The summed E-state index contributed by atoms with van der Waals surface area (Å²) in [5, 5.41) is 4.88. The zero-order valence-electron chi connectivity index (χ0n) is 12.3. The molecule has 0 aromatic carbocycles. The van der Waals surface area contributed by atoms with E-state index >= 15 is 0 Å². The van der Waals surface area contributed by atoms with Gasteiger partial charge in [0.2, 0.25) is 0 Å². The van der Waals surface area contributed by atoms with Crippen LogP contribution >= 0.6 is 11.6 Å². The molecule has 0 radical (unpaired) electrons. The van der Waals surface area contributed by atoms with E-state index in [0.717, 1.165) is 29.0 Å². The maximum Gasteiger partial charge on any atom is 0.157 e. The van der Waals surface area contributed by atoms with Gasteiger partial charge in [-0.05, 0) is 32.8 Å². The van der Waals surface area contributed by atoms with Crippen molar-refractivity contribution < 1.29 is 4.74 Å². The Balaban J connectivity index is 2.70. The lowest BCUT2D eigenvalue weighted by Crippen LogP contribution is -2.02. The van der Waals surface area contributed by atoms with Crippen LogP contribution in [0.1, 0.15) is 37.4 Å². The molecule has 108 valence electrons. The van der Waals surface area contributed by atoms with E-state index in [1.54, 1.807) is 0 Å². The molecule has 0 saturated carbocycles. The number of aromatic nitrogens is 3. The zero-order valence-corrected chi connectivity index (χ0v) is 13.0. The Hall–Kier alpha value is -1.46. The third kappa shape index (κ3) is 2.69. The van der Waals surface area contributed by atoms with Gasteiger partial charge < -0.3 is 4.74 Å². The molecule has 2 aromatic rings. The van der Waals surface area contributed by atoms with Crippen LogP contribution in [0.3, 0.4) is 0 Å². The lowest BCUT2D eigenvalue weighted by Gasteiger charge is -2.06. The van der Waals surface area contributed by atoms with Crippen molar-refractivity contribution in [3.05, 3.63) is 22.2 Å². The Bertz CT molecular complexity index is 648. The van der Waals surface area contributed by atoms with Gasteiger partial charge in [-0.1, -0.05) is 18.5 Å². The van der Waals surface area contributed by atoms with Gasteiger partial charge in [0.1, 0.15) is 17.6 Å². The number of imidazole rings is 1. The summed E-state index contributed by atoms with van der Waals surface area (Å²) in [6, 6.07) is 0. The SMILES string of the molecule is CC/C=N/n1c(COCC)nc2c(Cl)nc(C)c(C)c21. The molecule has 2 rings (SSSR count). The molecule has 0 atom stereocenters. The van der Waals surface area contributed by atoms with Crippen molar-refractivity contribution in [1.29, 1.82) is 0 Å². The molecule has 0 amide bonds. The first kappa shape index (κ1) is 14.9. The third-order valence-electron chi connectivity index (χ3n) is 3.10. The molecule has 20 heavy (non-hydrogen) atoms. The first-order chi connectivity index (χ1) is 9.60. The smallest absolute Gasteiger partial charge is 0.157 e. The standard InChI is InChI=1S/C14H19ClN4O/c1-5-7-16-19-11(8-20-6-2)18-12-13(19)9(3)10(4)17-14(12)15/h7H,5-6,8H2,1-4H3/b16-7+. The highest BCUT2D eigenvalue weighted by Gasteiger charge is 2.17. The second-order valence-corrected chi connectivity index (χ2v) is 4.85. The van der Waals surface area contributed by atoms with E-state index in [1.165, 1.54) is 0 Å².